The lowest BCUT2D eigenvalue weighted by molar-refractivity contribution is -0.148. The number of carbonyl (C=O) groups excluding carboxylic acids is 1. The molecule has 1 aromatic carbocycles. The van der Waals surface area contributed by atoms with Gasteiger partial charge < -0.3 is 9.15 Å². The number of esters is 1. The van der Waals surface area contributed by atoms with E-state index < -0.39 is 0 Å². The summed E-state index contributed by atoms with van der Waals surface area (Å²) in [4.78, 5) is 16.5. The van der Waals surface area contributed by atoms with E-state index in [1.165, 1.54) is 5.57 Å². The highest BCUT2D eigenvalue weighted by atomic mass is 16.5. The van der Waals surface area contributed by atoms with Gasteiger partial charge >= 0.3 is 5.97 Å². The minimum Gasteiger partial charge on any atom is -0.455 e. The SMILES string of the molecule is CC(C)=C[C@H]1[C@H](C(=O)OCc2ncc(-c3ccccc3)o2)C1(C)C. The highest BCUT2D eigenvalue weighted by molar-refractivity contribution is 5.78. The fourth-order valence-electron chi connectivity index (χ4n) is 3.13. The van der Waals surface area contributed by atoms with Gasteiger partial charge in [0.25, 0.3) is 0 Å². The highest BCUT2D eigenvalue weighted by Gasteiger charge is 2.61. The van der Waals surface area contributed by atoms with Crippen LogP contribution in [0.3, 0.4) is 0 Å². The molecule has 1 saturated carbocycles. The lowest BCUT2D eigenvalue weighted by Crippen LogP contribution is -2.10. The van der Waals surface area contributed by atoms with E-state index in [4.69, 9.17) is 9.15 Å². The van der Waals surface area contributed by atoms with Gasteiger partial charge in [0.15, 0.2) is 12.4 Å². The average molecular weight is 325 g/mol. The number of aromatic nitrogens is 1. The minimum absolute atomic E-state index is 0.0415. The van der Waals surface area contributed by atoms with E-state index in [1.54, 1.807) is 6.20 Å². The molecule has 24 heavy (non-hydrogen) atoms. The van der Waals surface area contributed by atoms with Gasteiger partial charge in [-0.05, 0) is 25.2 Å². The number of benzene rings is 1. The highest BCUT2D eigenvalue weighted by Crippen LogP contribution is 2.59. The Bertz CT molecular complexity index is 754. The van der Waals surface area contributed by atoms with Crippen LogP contribution in [0.25, 0.3) is 11.3 Å². The van der Waals surface area contributed by atoms with E-state index >= 15 is 0 Å². The number of hydrogen-bond acceptors (Lipinski definition) is 4. The molecule has 0 unspecified atom stereocenters. The maximum Gasteiger partial charge on any atom is 0.310 e. The summed E-state index contributed by atoms with van der Waals surface area (Å²) in [5.74, 6) is 1.08. The Morgan fingerprint density at radius 1 is 1.29 bits per heavy atom. The molecule has 0 bridgehead atoms. The lowest BCUT2D eigenvalue weighted by atomic mass is 10.1. The van der Waals surface area contributed by atoms with Crippen molar-refractivity contribution >= 4 is 5.97 Å². The molecule has 2 atom stereocenters. The molecule has 4 nitrogen and oxygen atoms in total. The monoisotopic (exact) mass is 325 g/mol. The van der Waals surface area contributed by atoms with Gasteiger partial charge in [-0.1, -0.05) is 55.8 Å². The maximum atomic E-state index is 12.3. The maximum absolute atomic E-state index is 12.3. The van der Waals surface area contributed by atoms with Crippen LogP contribution < -0.4 is 0 Å². The number of nitrogens with zero attached hydrogens (tertiary/aromatic N) is 1. The van der Waals surface area contributed by atoms with Crippen molar-refractivity contribution in [1.82, 2.24) is 4.98 Å². The summed E-state index contributed by atoms with van der Waals surface area (Å²) in [6.45, 7) is 8.37. The van der Waals surface area contributed by atoms with Crippen molar-refractivity contribution in [1.29, 1.82) is 0 Å². The van der Waals surface area contributed by atoms with Crippen LogP contribution in [-0.2, 0) is 16.1 Å². The molecule has 1 aliphatic rings. The third-order valence-corrected chi connectivity index (χ3v) is 4.63. The topological polar surface area (TPSA) is 52.3 Å². The van der Waals surface area contributed by atoms with E-state index in [0.717, 1.165) is 5.56 Å². The predicted molar refractivity (Wildman–Crippen MR) is 91.9 cm³/mol. The summed E-state index contributed by atoms with van der Waals surface area (Å²) in [6.07, 6.45) is 3.82. The van der Waals surface area contributed by atoms with Crippen LogP contribution >= 0.6 is 0 Å². The van der Waals surface area contributed by atoms with Crippen LogP contribution in [0.15, 0.2) is 52.6 Å². The Kier molecular flexibility index (Phi) is 4.31. The first-order chi connectivity index (χ1) is 11.4. The Balaban J connectivity index is 1.60. The fraction of sp³-hybridized carbons (Fsp3) is 0.400. The predicted octanol–water partition coefficient (Wildman–Crippen LogP) is 4.62. The zero-order valence-corrected chi connectivity index (χ0v) is 14.6. The Morgan fingerprint density at radius 2 is 2.00 bits per heavy atom. The van der Waals surface area contributed by atoms with Crippen molar-refractivity contribution < 1.29 is 13.9 Å². The van der Waals surface area contributed by atoms with Crippen LogP contribution in [0.4, 0.5) is 0 Å². The number of rotatable bonds is 5. The van der Waals surface area contributed by atoms with Crippen molar-refractivity contribution in [2.24, 2.45) is 17.3 Å². The van der Waals surface area contributed by atoms with E-state index in [-0.39, 0.29) is 29.8 Å². The van der Waals surface area contributed by atoms with E-state index in [0.29, 0.717) is 11.7 Å². The zero-order chi connectivity index (χ0) is 17.3. The van der Waals surface area contributed by atoms with Crippen LogP contribution in [0.5, 0.6) is 0 Å². The van der Waals surface area contributed by atoms with Crippen molar-refractivity contribution in [2.75, 3.05) is 0 Å². The number of allylic oxidation sites excluding steroid dienone is 2. The third-order valence-electron chi connectivity index (χ3n) is 4.63. The molecule has 0 N–H and O–H groups in total. The molecule has 2 aromatic rings. The van der Waals surface area contributed by atoms with E-state index in [1.807, 2.05) is 30.3 Å². The van der Waals surface area contributed by atoms with Gasteiger partial charge in [0.1, 0.15) is 0 Å². The second-order valence-corrected chi connectivity index (χ2v) is 7.16. The first-order valence-electron chi connectivity index (χ1n) is 8.21. The smallest absolute Gasteiger partial charge is 0.310 e. The molecule has 1 heterocycles. The standard InChI is InChI=1S/C20H23NO3/c1-13(2)10-15-18(20(15,3)4)19(22)23-12-17-21-11-16(24-17)14-8-6-5-7-9-14/h5-11,15,18H,12H2,1-4H3/t15-,18+/m0/s1. The van der Waals surface area contributed by atoms with Crippen molar-refractivity contribution in [3.05, 3.63) is 54.1 Å². The molecule has 0 spiro atoms. The second kappa shape index (κ2) is 6.27. The van der Waals surface area contributed by atoms with Crippen LogP contribution in [-0.4, -0.2) is 11.0 Å². The number of hydrogen-bond donors (Lipinski definition) is 0. The van der Waals surface area contributed by atoms with Crippen LogP contribution in [0.2, 0.25) is 0 Å². The molecular formula is C20H23NO3. The zero-order valence-electron chi connectivity index (χ0n) is 14.6. The molecule has 1 aromatic heterocycles. The molecular weight excluding hydrogens is 302 g/mol. The summed E-state index contributed by atoms with van der Waals surface area (Å²) in [5.41, 5.74) is 2.14. The summed E-state index contributed by atoms with van der Waals surface area (Å²) in [7, 11) is 0. The molecule has 4 heteroatoms. The van der Waals surface area contributed by atoms with Gasteiger partial charge in [0.05, 0.1) is 12.1 Å². The van der Waals surface area contributed by atoms with Crippen LogP contribution in [0, 0.1) is 17.3 Å². The summed E-state index contributed by atoms with van der Waals surface area (Å²) in [6, 6.07) is 9.73. The largest absolute Gasteiger partial charge is 0.455 e. The molecule has 0 saturated heterocycles. The first kappa shape index (κ1) is 16.5. The molecule has 1 fully saturated rings. The van der Waals surface area contributed by atoms with Crippen molar-refractivity contribution in [3.8, 4) is 11.3 Å². The van der Waals surface area contributed by atoms with Gasteiger partial charge in [-0.3, -0.25) is 4.79 Å². The number of oxazole rings is 1. The molecule has 0 radical (unpaired) electrons. The first-order valence-corrected chi connectivity index (χ1v) is 8.21. The van der Waals surface area contributed by atoms with Gasteiger partial charge in [0, 0.05) is 5.56 Å². The quantitative estimate of drug-likeness (QED) is 0.594. The lowest BCUT2D eigenvalue weighted by Gasteiger charge is -2.03. The summed E-state index contributed by atoms with van der Waals surface area (Å²) in [5, 5.41) is 0. The number of ether oxygens (including phenoxy) is 1. The van der Waals surface area contributed by atoms with Crippen molar-refractivity contribution in [3.63, 3.8) is 0 Å². The average Bonchev–Trinajstić information content (AvgIpc) is 2.90. The number of carbonyl (C=O) groups is 1. The molecule has 1 aliphatic carbocycles. The third kappa shape index (κ3) is 3.28. The minimum atomic E-state index is -0.179. The molecule has 126 valence electrons. The Labute approximate surface area is 142 Å². The van der Waals surface area contributed by atoms with E-state index in [9.17, 15) is 4.79 Å². The normalized spacial score (nSPS) is 21.2. The van der Waals surface area contributed by atoms with Gasteiger partial charge in [-0.25, -0.2) is 4.98 Å². The molecule has 0 amide bonds. The van der Waals surface area contributed by atoms with Crippen molar-refractivity contribution in [2.45, 2.75) is 34.3 Å². The summed E-state index contributed by atoms with van der Waals surface area (Å²) >= 11 is 0. The van der Waals surface area contributed by atoms with Gasteiger partial charge in [-0.15, -0.1) is 0 Å². The van der Waals surface area contributed by atoms with E-state index in [2.05, 4.69) is 38.8 Å². The molecule has 3 rings (SSSR count). The van der Waals surface area contributed by atoms with Gasteiger partial charge in [-0.2, -0.15) is 0 Å². The second-order valence-electron chi connectivity index (χ2n) is 7.16. The Morgan fingerprint density at radius 3 is 2.67 bits per heavy atom. The summed E-state index contributed by atoms with van der Waals surface area (Å²) < 4.78 is 11.1. The Hall–Kier alpha value is -2.36. The van der Waals surface area contributed by atoms with Crippen LogP contribution in [0.1, 0.15) is 33.6 Å². The fourth-order valence-corrected chi connectivity index (χ4v) is 3.13. The molecule has 0 aliphatic heterocycles. The van der Waals surface area contributed by atoms with Gasteiger partial charge in [0.2, 0.25) is 5.89 Å².